The van der Waals surface area contributed by atoms with Crippen molar-refractivity contribution in [3.63, 3.8) is 0 Å². The van der Waals surface area contributed by atoms with Gasteiger partial charge in [0, 0.05) is 28.1 Å². The number of carbonyl (C=O) groups is 1. The van der Waals surface area contributed by atoms with Gasteiger partial charge in [-0.2, -0.15) is 13.2 Å². The Hall–Kier alpha value is -2.49. The average Bonchev–Trinajstić information content (AvgIpc) is 3.31. The van der Waals surface area contributed by atoms with Crippen LogP contribution in [0.2, 0.25) is 5.02 Å². The number of benzene rings is 2. The van der Waals surface area contributed by atoms with Crippen LogP contribution in [0.1, 0.15) is 26.4 Å². The van der Waals surface area contributed by atoms with Crippen LogP contribution in [0.5, 0.6) is 0 Å². The minimum atomic E-state index is -4.44. The van der Waals surface area contributed by atoms with Crippen LogP contribution in [0.4, 0.5) is 18.3 Å². The fraction of sp³-hybridized carbons (Fsp3) is 0.105. The molecule has 2 aromatic carbocycles. The Balaban J connectivity index is 1.49. The van der Waals surface area contributed by atoms with Crippen LogP contribution in [0.25, 0.3) is 10.2 Å². The second-order valence-corrected chi connectivity index (χ2v) is 8.51. The molecule has 0 bridgehead atoms. The summed E-state index contributed by atoms with van der Waals surface area (Å²) in [4.78, 5) is 21.4. The summed E-state index contributed by atoms with van der Waals surface area (Å²) in [7, 11) is 0. The molecule has 0 aliphatic rings. The van der Waals surface area contributed by atoms with Gasteiger partial charge in [0.05, 0.1) is 21.3 Å². The van der Waals surface area contributed by atoms with Gasteiger partial charge in [0.25, 0.3) is 5.91 Å². The molecule has 29 heavy (non-hydrogen) atoms. The Morgan fingerprint density at radius 2 is 1.97 bits per heavy atom. The first-order valence-electron chi connectivity index (χ1n) is 8.24. The molecule has 4 aromatic rings. The zero-order chi connectivity index (χ0) is 20.6. The van der Waals surface area contributed by atoms with Gasteiger partial charge in [-0.15, -0.1) is 22.7 Å². The summed E-state index contributed by atoms with van der Waals surface area (Å²) >= 11 is 8.67. The number of amides is 1. The molecule has 0 aliphatic carbocycles. The van der Waals surface area contributed by atoms with Crippen LogP contribution in [0, 0.1) is 0 Å². The normalized spacial score (nSPS) is 11.7. The maximum Gasteiger partial charge on any atom is 0.416 e. The van der Waals surface area contributed by atoms with Crippen LogP contribution in [-0.2, 0) is 12.6 Å². The van der Waals surface area contributed by atoms with Gasteiger partial charge < -0.3 is 0 Å². The molecule has 0 spiro atoms. The maximum atomic E-state index is 12.9. The minimum Gasteiger partial charge on any atom is -0.298 e. The number of aromatic nitrogens is 2. The fourth-order valence-corrected chi connectivity index (χ4v) is 4.42. The number of carbonyl (C=O) groups excluding carboxylic acids is 1. The lowest BCUT2D eigenvalue weighted by Gasteiger charge is -2.09. The molecule has 4 rings (SSSR count). The number of fused-ring (bicyclic) bond motifs is 1. The molecule has 0 saturated carbocycles. The Bertz CT molecular complexity index is 1200. The van der Waals surface area contributed by atoms with Gasteiger partial charge in [-0.25, -0.2) is 9.97 Å². The first-order valence-corrected chi connectivity index (χ1v) is 10.3. The molecule has 148 valence electrons. The molecular formula is C19H11ClF3N3OS2. The third-order valence-corrected chi connectivity index (χ3v) is 6.18. The van der Waals surface area contributed by atoms with E-state index < -0.39 is 11.7 Å². The molecule has 4 nitrogen and oxygen atoms in total. The van der Waals surface area contributed by atoms with Crippen LogP contribution < -0.4 is 5.32 Å². The van der Waals surface area contributed by atoms with Crippen molar-refractivity contribution >= 4 is 55.5 Å². The first-order chi connectivity index (χ1) is 13.8. The fourth-order valence-electron chi connectivity index (χ4n) is 2.69. The second-order valence-electron chi connectivity index (χ2n) is 6.10. The van der Waals surface area contributed by atoms with Crippen LogP contribution in [0.3, 0.4) is 0 Å². The van der Waals surface area contributed by atoms with Crippen LogP contribution in [0.15, 0.2) is 48.1 Å². The van der Waals surface area contributed by atoms with Gasteiger partial charge in [-0.05, 0) is 42.0 Å². The summed E-state index contributed by atoms with van der Waals surface area (Å²) in [6.45, 7) is 0. The number of nitrogens with zero attached hydrogens (tertiary/aromatic N) is 2. The van der Waals surface area contributed by atoms with Gasteiger partial charge in [-0.1, -0.05) is 11.6 Å². The van der Waals surface area contributed by atoms with E-state index in [1.165, 1.54) is 34.9 Å². The van der Waals surface area contributed by atoms with E-state index in [2.05, 4.69) is 15.3 Å². The minimum absolute atomic E-state index is 0.184. The number of thiazole rings is 2. The van der Waals surface area contributed by atoms with Crippen molar-refractivity contribution < 1.29 is 18.0 Å². The van der Waals surface area contributed by atoms with Crippen LogP contribution >= 0.6 is 34.3 Å². The Kier molecular flexibility index (Phi) is 5.28. The second kappa shape index (κ2) is 7.74. The largest absolute Gasteiger partial charge is 0.416 e. The smallest absolute Gasteiger partial charge is 0.298 e. The Labute approximate surface area is 176 Å². The lowest BCUT2D eigenvalue weighted by atomic mass is 10.1. The van der Waals surface area contributed by atoms with E-state index in [4.69, 9.17) is 11.6 Å². The molecule has 1 amide bonds. The quantitative estimate of drug-likeness (QED) is 0.396. The lowest BCUT2D eigenvalue weighted by molar-refractivity contribution is -0.137. The van der Waals surface area contributed by atoms with Crippen LogP contribution in [-0.4, -0.2) is 15.9 Å². The number of rotatable bonds is 4. The molecule has 0 unspecified atom stereocenters. The first kappa shape index (κ1) is 19.8. The number of nitrogens with one attached hydrogen (secondary N) is 1. The molecule has 2 heterocycles. The average molecular weight is 454 g/mol. The predicted molar refractivity (Wildman–Crippen MR) is 109 cm³/mol. The van der Waals surface area contributed by atoms with E-state index in [9.17, 15) is 18.0 Å². The van der Waals surface area contributed by atoms with E-state index in [1.807, 2.05) is 0 Å². The molecule has 0 radical (unpaired) electrons. The van der Waals surface area contributed by atoms with Crippen molar-refractivity contribution in [2.24, 2.45) is 0 Å². The topological polar surface area (TPSA) is 54.9 Å². The standard InChI is InChI=1S/C19H11ClF3N3OS2/c20-14-3-2-12(19(21,22)23)5-11(14)6-13-8-24-18(29-13)26-17(27)10-1-4-15-16(7-10)28-9-25-15/h1-5,7-9H,6H2,(H,24,26,27). The highest BCUT2D eigenvalue weighted by Crippen LogP contribution is 2.33. The lowest BCUT2D eigenvalue weighted by Crippen LogP contribution is -2.11. The summed E-state index contributed by atoms with van der Waals surface area (Å²) < 4.78 is 39.7. The molecule has 10 heteroatoms. The van der Waals surface area contributed by atoms with Gasteiger partial charge in [0.15, 0.2) is 5.13 Å². The van der Waals surface area contributed by atoms with Crippen molar-refractivity contribution in [3.05, 3.63) is 74.7 Å². The number of anilines is 1. The highest BCUT2D eigenvalue weighted by Gasteiger charge is 2.30. The van der Waals surface area contributed by atoms with Crippen molar-refractivity contribution in [2.45, 2.75) is 12.6 Å². The third-order valence-electron chi connectivity index (χ3n) is 4.11. The molecule has 1 N–H and O–H groups in total. The molecule has 0 atom stereocenters. The predicted octanol–water partition coefficient (Wildman–Crippen LogP) is 6.27. The summed E-state index contributed by atoms with van der Waals surface area (Å²) in [5, 5.41) is 3.32. The van der Waals surface area contributed by atoms with Gasteiger partial charge in [0.1, 0.15) is 0 Å². The number of alkyl halides is 3. The van der Waals surface area contributed by atoms with E-state index in [-0.39, 0.29) is 17.4 Å². The highest BCUT2D eigenvalue weighted by molar-refractivity contribution is 7.16. The molecule has 0 saturated heterocycles. The summed E-state index contributed by atoms with van der Waals surface area (Å²) in [6.07, 6.45) is -2.74. The Morgan fingerprint density at radius 1 is 1.14 bits per heavy atom. The molecule has 2 aromatic heterocycles. The summed E-state index contributed by atoms with van der Waals surface area (Å²) in [6, 6.07) is 8.41. The van der Waals surface area contributed by atoms with E-state index in [0.717, 1.165) is 22.3 Å². The van der Waals surface area contributed by atoms with Crippen molar-refractivity contribution in [1.82, 2.24) is 9.97 Å². The SMILES string of the molecule is O=C(Nc1ncc(Cc2cc(C(F)(F)F)ccc2Cl)s1)c1ccc2ncsc2c1. The van der Waals surface area contributed by atoms with E-state index in [0.29, 0.717) is 21.1 Å². The van der Waals surface area contributed by atoms with Gasteiger partial charge in [-0.3, -0.25) is 10.1 Å². The maximum absolute atomic E-state index is 12.9. The summed E-state index contributed by atoms with van der Waals surface area (Å²) in [5.41, 5.74) is 2.59. The monoisotopic (exact) mass is 453 g/mol. The van der Waals surface area contributed by atoms with Crippen molar-refractivity contribution in [1.29, 1.82) is 0 Å². The van der Waals surface area contributed by atoms with Gasteiger partial charge in [0.2, 0.25) is 0 Å². The highest BCUT2D eigenvalue weighted by atomic mass is 35.5. The number of halogens is 4. The Morgan fingerprint density at radius 3 is 2.76 bits per heavy atom. The molecular weight excluding hydrogens is 443 g/mol. The summed E-state index contributed by atoms with van der Waals surface area (Å²) in [5.74, 6) is -0.321. The van der Waals surface area contributed by atoms with Gasteiger partial charge >= 0.3 is 6.18 Å². The number of hydrogen-bond donors (Lipinski definition) is 1. The molecule has 0 aliphatic heterocycles. The van der Waals surface area contributed by atoms with E-state index in [1.54, 1.807) is 23.7 Å². The van der Waals surface area contributed by atoms with E-state index >= 15 is 0 Å². The zero-order valence-electron chi connectivity index (χ0n) is 14.5. The number of hydrogen-bond acceptors (Lipinski definition) is 5. The molecule has 0 fully saturated rings. The third kappa shape index (κ3) is 4.42. The van der Waals surface area contributed by atoms with Crippen molar-refractivity contribution in [3.8, 4) is 0 Å². The van der Waals surface area contributed by atoms with Crippen molar-refractivity contribution in [2.75, 3.05) is 5.32 Å². The zero-order valence-corrected chi connectivity index (χ0v) is 16.8.